The third kappa shape index (κ3) is 9.55. The Bertz CT molecular complexity index is 2220. The number of nitrogens with zero attached hydrogens (tertiary/aromatic N) is 6. The van der Waals surface area contributed by atoms with Crippen LogP contribution in [0.2, 0.25) is 0 Å². The molecule has 6 rings (SSSR count). The minimum absolute atomic E-state index is 0.0122. The molecule has 1 aliphatic rings. The molecular weight excluding hydrogens is 784 g/mol. The van der Waals surface area contributed by atoms with Crippen molar-refractivity contribution in [3.05, 3.63) is 112 Å². The molecule has 1 unspecified atom stereocenters. The third-order valence-corrected chi connectivity index (χ3v) is 12.4. The van der Waals surface area contributed by atoms with Gasteiger partial charge in [0.15, 0.2) is 11.2 Å². The summed E-state index contributed by atoms with van der Waals surface area (Å²) in [5.74, 6) is 0.808. The van der Waals surface area contributed by atoms with Gasteiger partial charge in [0.05, 0.1) is 57.9 Å². The molecule has 3 aromatic carbocycles. The van der Waals surface area contributed by atoms with Crippen LogP contribution in [0.15, 0.2) is 90.0 Å². The topological polar surface area (TPSA) is 169 Å². The van der Waals surface area contributed by atoms with Gasteiger partial charge in [-0.15, -0.1) is 0 Å². The van der Waals surface area contributed by atoms with E-state index >= 15 is 0 Å². The molecule has 3 heterocycles. The highest BCUT2D eigenvalue weighted by molar-refractivity contribution is 7.44. The van der Waals surface area contributed by atoms with Gasteiger partial charge in [0.2, 0.25) is 11.9 Å². The average Bonchev–Trinajstić information content (AvgIpc) is 3.68. The molecule has 16 heteroatoms. The molecule has 1 saturated heterocycles. The molecule has 2 N–H and O–H groups in total. The van der Waals surface area contributed by atoms with Crippen molar-refractivity contribution in [2.75, 3.05) is 45.8 Å². The van der Waals surface area contributed by atoms with E-state index in [2.05, 4.69) is 95.0 Å². The van der Waals surface area contributed by atoms with Gasteiger partial charge in [0.25, 0.3) is 14.1 Å². The number of methoxy groups -OCH3 is 2. The van der Waals surface area contributed by atoms with Crippen LogP contribution in [-0.2, 0) is 24.1 Å². The van der Waals surface area contributed by atoms with E-state index in [1.165, 1.54) is 0 Å². The number of benzene rings is 3. The molecule has 1 aliphatic heterocycles. The number of amides is 1. The zero-order valence-electron chi connectivity index (χ0n) is 35.5. The van der Waals surface area contributed by atoms with Crippen molar-refractivity contribution >= 4 is 31.5 Å². The molecule has 1 fully saturated rings. The van der Waals surface area contributed by atoms with Crippen molar-refractivity contribution in [1.82, 2.24) is 29.1 Å². The zero-order chi connectivity index (χ0) is 43.0. The highest BCUT2D eigenvalue weighted by atomic mass is 31.2. The van der Waals surface area contributed by atoms with Gasteiger partial charge in [-0.25, -0.2) is 9.65 Å². The Morgan fingerprint density at radius 1 is 0.933 bits per heavy atom. The van der Waals surface area contributed by atoms with Crippen molar-refractivity contribution in [1.29, 1.82) is 5.26 Å². The zero-order valence-corrected chi connectivity index (χ0v) is 36.4. The molecule has 0 aliphatic carbocycles. The summed E-state index contributed by atoms with van der Waals surface area (Å²) < 4.78 is 35.2. The number of nitrogens with one attached hydrogen (secondary N) is 2. The van der Waals surface area contributed by atoms with Crippen LogP contribution in [0.5, 0.6) is 11.5 Å². The molecule has 0 bridgehead atoms. The van der Waals surface area contributed by atoms with Crippen LogP contribution in [-0.4, -0.2) is 93.7 Å². The number of imidazole rings is 1. The van der Waals surface area contributed by atoms with E-state index in [-0.39, 0.29) is 60.7 Å². The van der Waals surface area contributed by atoms with E-state index in [0.29, 0.717) is 24.6 Å². The van der Waals surface area contributed by atoms with Crippen LogP contribution in [0, 0.1) is 17.2 Å². The maximum Gasteiger partial charge on any atom is 0.280 e. The van der Waals surface area contributed by atoms with Crippen LogP contribution in [0.25, 0.3) is 11.2 Å². The van der Waals surface area contributed by atoms with Gasteiger partial charge in [0.1, 0.15) is 17.7 Å². The fourth-order valence-electron chi connectivity index (χ4n) is 7.65. The molecule has 3 atom stereocenters. The standard InChI is InChI=1S/C44H55N8O7P/c1-29(2)41(53)48-43-47-40-39(42(54)49-43)46-28-51(40)38-26-50(25-37(59-38)27-58-60(57-24-12-23-45)52(30(3)4)31(5)6)44(32-13-10-9-11-14-32,33-15-19-35(55-7)20-16-33)34-17-21-36(56-8)22-18-34/h9-11,13-22,28-31,37-38H,12,24-27H2,1-8H3,(H2,47,48,49,53,54)/t37-,38+,60?/m1/s1. The summed E-state index contributed by atoms with van der Waals surface area (Å²) in [5, 5.41) is 12.1. The van der Waals surface area contributed by atoms with Gasteiger partial charge >= 0.3 is 0 Å². The van der Waals surface area contributed by atoms with Crippen LogP contribution >= 0.6 is 8.53 Å². The summed E-state index contributed by atoms with van der Waals surface area (Å²) >= 11 is 0. The van der Waals surface area contributed by atoms with E-state index in [4.69, 9.17) is 28.2 Å². The number of carbonyl (C=O) groups is 1. The molecule has 0 radical (unpaired) electrons. The van der Waals surface area contributed by atoms with E-state index < -0.39 is 32.0 Å². The lowest BCUT2D eigenvalue weighted by Crippen LogP contribution is -2.57. The number of morpholine rings is 1. The third-order valence-electron chi connectivity index (χ3n) is 10.4. The van der Waals surface area contributed by atoms with Gasteiger partial charge in [-0.3, -0.25) is 29.4 Å². The summed E-state index contributed by atoms with van der Waals surface area (Å²) in [4.78, 5) is 40.3. The number of carbonyl (C=O) groups excluding carboxylic acids is 1. The summed E-state index contributed by atoms with van der Waals surface area (Å²) in [5.41, 5.74) is 1.86. The van der Waals surface area contributed by atoms with Crippen molar-refractivity contribution in [2.24, 2.45) is 5.92 Å². The normalized spacial score (nSPS) is 16.7. The van der Waals surface area contributed by atoms with Crippen LogP contribution in [0.1, 0.15) is 70.9 Å². The molecule has 5 aromatic rings. The Balaban J connectivity index is 1.53. The predicted molar refractivity (Wildman–Crippen MR) is 231 cm³/mol. The number of aromatic amines is 1. The highest BCUT2D eigenvalue weighted by Gasteiger charge is 2.47. The number of anilines is 1. The fraction of sp³-hybridized carbons (Fsp3) is 0.432. The number of H-pyrrole nitrogens is 1. The van der Waals surface area contributed by atoms with Gasteiger partial charge in [0, 0.05) is 31.1 Å². The number of nitriles is 1. The highest BCUT2D eigenvalue weighted by Crippen LogP contribution is 2.48. The van der Waals surface area contributed by atoms with Gasteiger partial charge in [-0.2, -0.15) is 10.2 Å². The Morgan fingerprint density at radius 2 is 1.53 bits per heavy atom. The number of fused-ring (bicyclic) bond motifs is 1. The van der Waals surface area contributed by atoms with Crippen molar-refractivity contribution < 1.29 is 28.1 Å². The van der Waals surface area contributed by atoms with Crippen LogP contribution in [0.4, 0.5) is 5.95 Å². The molecule has 15 nitrogen and oxygen atoms in total. The summed E-state index contributed by atoms with van der Waals surface area (Å²) in [6.07, 6.45) is 0.463. The second-order valence-electron chi connectivity index (χ2n) is 15.4. The Morgan fingerprint density at radius 3 is 2.08 bits per heavy atom. The minimum Gasteiger partial charge on any atom is -0.497 e. The lowest BCUT2D eigenvalue weighted by molar-refractivity contribution is -0.146. The summed E-state index contributed by atoms with van der Waals surface area (Å²) in [6, 6.07) is 28.8. The number of hydrogen-bond donors (Lipinski definition) is 2. The second kappa shape index (κ2) is 19.9. The van der Waals surface area contributed by atoms with Gasteiger partial charge in [-0.05, 0) is 68.7 Å². The smallest absolute Gasteiger partial charge is 0.280 e. The van der Waals surface area contributed by atoms with Crippen molar-refractivity contribution in [3.63, 3.8) is 0 Å². The van der Waals surface area contributed by atoms with E-state index in [1.54, 1.807) is 39.0 Å². The van der Waals surface area contributed by atoms with E-state index in [9.17, 15) is 14.9 Å². The average molecular weight is 839 g/mol. The predicted octanol–water partition coefficient (Wildman–Crippen LogP) is 7.22. The Hall–Kier alpha value is -5.20. The summed E-state index contributed by atoms with van der Waals surface area (Å²) in [7, 11) is 1.70. The molecule has 1 amide bonds. The first-order valence-corrected chi connectivity index (χ1v) is 21.3. The first kappa shape index (κ1) is 44.4. The lowest BCUT2D eigenvalue weighted by atomic mass is 9.75. The van der Waals surface area contributed by atoms with Crippen molar-refractivity contribution in [2.45, 2.75) is 77.9 Å². The van der Waals surface area contributed by atoms with Gasteiger partial charge < -0.3 is 23.3 Å². The van der Waals surface area contributed by atoms with Crippen LogP contribution < -0.4 is 20.3 Å². The summed E-state index contributed by atoms with van der Waals surface area (Å²) in [6.45, 7) is 12.9. The Labute approximate surface area is 352 Å². The molecular formula is C44H55N8O7P. The maximum atomic E-state index is 13.4. The largest absolute Gasteiger partial charge is 0.497 e. The first-order valence-electron chi connectivity index (χ1n) is 20.1. The minimum atomic E-state index is -1.60. The van der Waals surface area contributed by atoms with E-state index in [1.807, 2.05) is 42.5 Å². The monoisotopic (exact) mass is 838 g/mol. The molecule has 0 spiro atoms. The molecule has 2 aromatic heterocycles. The quantitative estimate of drug-likeness (QED) is 0.0517. The maximum absolute atomic E-state index is 13.4. The van der Waals surface area contributed by atoms with Crippen LogP contribution in [0.3, 0.4) is 0 Å². The molecule has 60 heavy (non-hydrogen) atoms. The number of ether oxygens (including phenoxy) is 3. The molecule has 318 valence electrons. The first-order chi connectivity index (χ1) is 28.9. The molecule has 0 saturated carbocycles. The number of rotatable bonds is 18. The SMILES string of the molecule is COc1ccc(C(c2ccccc2)(c2ccc(OC)cc2)N2C[C@H](COP(OCCC#N)N(C(C)C)C(C)C)O[C@H](n3cnc4c(=O)[nH]c(NC(=O)C(C)C)nc43)C2)cc1. The fourth-order valence-corrected chi connectivity index (χ4v) is 9.28. The number of aromatic nitrogens is 4. The lowest BCUT2D eigenvalue weighted by Gasteiger charge is -2.50. The number of hydrogen-bond acceptors (Lipinski definition) is 12. The van der Waals surface area contributed by atoms with Crippen molar-refractivity contribution in [3.8, 4) is 17.6 Å². The second-order valence-corrected chi connectivity index (χ2v) is 16.8. The van der Waals surface area contributed by atoms with E-state index in [0.717, 1.165) is 16.7 Å². The Kier molecular flexibility index (Phi) is 14.7. The van der Waals surface area contributed by atoms with Gasteiger partial charge in [-0.1, -0.05) is 68.4 Å².